The van der Waals surface area contributed by atoms with Crippen molar-refractivity contribution < 1.29 is 40.8 Å². The molecule has 1 aromatic carbocycles. The second-order valence-electron chi connectivity index (χ2n) is 3.04. The van der Waals surface area contributed by atoms with Crippen molar-refractivity contribution in [3.8, 4) is 17.4 Å². The molecule has 2 rings (SSSR count). The van der Waals surface area contributed by atoms with Crippen molar-refractivity contribution in [1.82, 2.24) is 4.98 Å². The Balaban J connectivity index is 0.00000144. The van der Waals surface area contributed by atoms with Crippen LogP contribution in [0.1, 0.15) is 1.43 Å². The van der Waals surface area contributed by atoms with E-state index in [-0.39, 0.29) is 42.6 Å². The van der Waals surface area contributed by atoms with Gasteiger partial charge in [0.05, 0.1) is 5.02 Å². The van der Waals surface area contributed by atoms with E-state index in [2.05, 4.69) is 4.98 Å². The minimum absolute atomic E-state index is 0. The number of aromatic nitrogens is 1. The van der Waals surface area contributed by atoms with Gasteiger partial charge in [-0.2, -0.15) is 0 Å². The monoisotopic (exact) mass is 279 g/mol. The molecule has 0 bridgehead atoms. The molecule has 0 radical (unpaired) electrons. The summed E-state index contributed by atoms with van der Waals surface area (Å²) in [7, 11) is 0. The third-order valence-corrected chi connectivity index (χ3v) is 2.30. The fourth-order valence-corrected chi connectivity index (χ4v) is 1.52. The first-order valence-electron chi connectivity index (χ1n) is 4.43. The largest absolute Gasteiger partial charge is 1.00 e. The van der Waals surface area contributed by atoms with Gasteiger partial charge in [0.15, 0.2) is 0 Å². The van der Waals surface area contributed by atoms with Gasteiger partial charge in [0.1, 0.15) is 16.5 Å². The van der Waals surface area contributed by atoms with Crippen molar-refractivity contribution in [2.45, 2.75) is 0 Å². The molecule has 3 nitrogen and oxygen atoms in total. The minimum Gasteiger partial charge on any atom is -1.00 e. The summed E-state index contributed by atoms with van der Waals surface area (Å²) in [6.45, 7) is 0. The summed E-state index contributed by atoms with van der Waals surface area (Å²) in [5, 5.41) is 9.88. The van der Waals surface area contributed by atoms with Gasteiger partial charge in [-0.25, -0.2) is 4.98 Å². The first kappa shape index (κ1) is 14.6. The van der Waals surface area contributed by atoms with Crippen molar-refractivity contribution in [2.75, 3.05) is 0 Å². The standard InChI is InChI=1S/C11H7Cl2NO2.Na.H/c12-7-5-10(13)11(14-6-7)16-9-3-1-8(15)2-4-9;;/h1-6,15H;;/q;+1;-1. The molecule has 1 heterocycles. The van der Waals surface area contributed by atoms with Crippen LogP contribution in [0.2, 0.25) is 10.0 Å². The smallest absolute Gasteiger partial charge is 1.00 e. The number of pyridine rings is 1. The number of hydrogen-bond donors (Lipinski definition) is 1. The summed E-state index contributed by atoms with van der Waals surface area (Å²) in [6, 6.07) is 7.80. The van der Waals surface area contributed by atoms with Crippen LogP contribution in [0, 0.1) is 0 Å². The summed E-state index contributed by atoms with van der Waals surface area (Å²) in [4.78, 5) is 3.95. The molecule has 1 aromatic heterocycles. The average molecular weight is 280 g/mol. The van der Waals surface area contributed by atoms with Gasteiger partial charge in [-0.05, 0) is 30.3 Å². The number of hydrogen-bond acceptors (Lipinski definition) is 3. The van der Waals surface area contributed by atoms with Crippen LogP contribution in [0.15, 0.2) is 36.5 Å². The van der Waals surface area contributed by atoms with Gasteiger partial charge in [0.2, 0.25) is 5.88 Å². The van der Waals surface area contributed by atoms with Gasteiger partial charge in [-0.3, -0.25) is 0 Å². The van der Waals surface area contributed by atoms with Crippen molar-refractivity contribution in [3.05, 3.63) is 46.6 Å². The van der Waals surface area contributed by atoms with E-state index < -0.39 is 0 Å². The quantitative estimate of drug-likeness (QED) is 0.835. The molecule has 6 heteroatoms. The van der Waals surface area contributed by atoms with Crippen LogP contribution in [0.4, 0.5) is 0 Å². The molecule has 2 aromatic rings. The molecule has 0 atom stereocenters. The summed E-state index contributed by atoms with van der Waals surface area (Å²) >= 11 is 11.6. The Kier molecular flexibility index (Phi) is 5.56. The van der Waals surface area contributed by atoms with Crippen molar-refractivity contribution in [2.24, 2.45) is 0 Å². The number of nitrogens with zero attached hydrogens (tertiary/aromatic N) is 1. The zero-order chi connectivity index (χ0) is 11.5. The van der Waals surface area contributed by atoms with Crippen LogP contribution < -0.4 is 34.3 Å². The average Bonchev–Trinajstić information content (AvgIpc) is 2.25. The van der Waals surface area contributed by atoms with E-state index >= 15 is 0 Å². The number of phenols is 1. The normalized spacial score (nSPS) is 9.53. The van der Waals surface area contributed by atoms with Crippen molar-refractivity contribution in [1.29, 1.82) is 0 Å². The molecule has 0 aliphatic rings. The zero-order valence-corrected chi connectivity index (χ0v) is 12.5. The molecule has 0 aliphatic carbocycles. The Morgan fingerprint density at radius 2 is 1.82 bits per heavy atom. The van der Waals surface area contributed by atoms with Crippen LogP contribution in [0.5, 0.6) is 17.4 Å². The molecule has 0 spiro atoms. The van der Waals surface area contributed by atoms with E-state index in [0.29, 0.717) is 15.8 Å². The molecule has 0 unspecified atom stereocenters. The third kappa shape index (κ3) is 4.05. The zero-order valence-electron chi connectivity index (χ0n) is 10.0. The molecule has 1 N–H and O–H groups in total. The molecule has 0 fully saturated rings. The number of aromatic hydroxyl groups is 1. The first-order chi connectivity index (χ1) is 7.65. The van der Waals surface area contributed by atoms with Crippen LogP contribution in [0.25, 0.3) is 0 Å². The van der Waals surface area contributed by atoms with E-state index in [1.54, 1.807) is 18.2 Å². The number of benzene rings is 1. The van der Waals surface area contributed by atoms with Gasteiger partial charge in [-0.15, -0.1) is 0 Å². The van der Waals surface area contributed by atoms with E-state index in [0.717, 1.165) is 0 Å². The van der Waals surface area contributed by atoms with E-state index in [1.807, 2.05) is 0 Å². The van der Waals surface area contributed by atoms with Crippen molar-refractivity contribution >= 4 is 23.2 Å². The van der Waals surface area contributed by atoms with Crippen molar-refractivity contribution in [3.63, 3.8) is 0 Å². The number of phenolic OH excluding ortho intramolecular Hbond substituents is 1. The molecular weight excluding hydrogens is 272 g/mol. The van der Waals surface area contributed by atoms with Gasteiger partial charge < -0.3 is 11.3 Å². The van der Waals surface area contributed by atoms with E-state index in [4.69, 9.17) is 33.0 Å². The van der Waals surface area contributed by atoms with Crippen LogP contribution in [0.3, 0.4) is 0 Å². The second-order valence-corrected chi connectivity index (χ2v) is 3.88. The maximum atomic E-state index is 9.10. The van der Waals surface area contributed by atoms with E-state index in [1.165, 1.54) is 18.3 Å². The Bertz CT molecular complexity index is 511. The van der Waals surface area contributed by atoms with Gasteiger partial charge in [0, 0.05) is 6.20 Å². The van der Waals surface area contributed by atoms with Crippen LogP contribution in [-0.4, -0.2) is 10.1 Å². The molecule has 84 valence electrons. The SMILES string of the molecule is Oc1ccc(Oc2ncc(Cl)cc2Cl)cc1.[H-].[Na+]. The first-order valence-corrected chi connectivity index (χ1v) is 5.18. The maximum absolute atomic E-state index is 9.10. The summed E-state index contributed by atoms with van der Waals surface area (Å²) in [5.74, 6) is 0.980. The summed E-state index contributed by atoms with van der Waals surface area (Å²) in [6.07, 6.45) is 1.45. The molecular formula is C11H8Cl2NNaO2. The Morgan fingerprint density at radius 3 is 2.41 bits per heavy atom. The number of ether oxygens (including phenoxy) is 1. The molecule has 0 saturated carbocycles. The van der Waals surface area contributed by atoms with Gasteiger partial charge in [0.25, 0.3) is 0 Å². The Labute approximate surface area is 132 Å². The fraction of sp³-hybridized carbons (Fsp3) is 0. The van der Waals surface area contributed by atoms with Crippen LogP contribution >= 0.6 is 23.2 Å². The Morgan fingerprint density at radius 1 is 1.18 bits per heavy atom. The number of rotatable bonds is 2. The summed E-state index contributed by atoms with van der Waals surface area (Å²) < 4.78 is 5.41. The third-order valence-electron chi connectivity index (χ3n) is 1.83. The maximum Gasteiger partial charge on any atom is 1.00 e. The predicted octanol–water partition coefficient (Wildman–Crippen LogP) is 1.00. The van der Waals surface area contributed by atoms with Crippen LogP contribution in [-0.2, 0) is 0 Å². The Hall–Kier alpha value is -0.450. The van der Waals surface area contributed by atoms with Gasteiger partial charge >= 0.3 is 29.6 Å². The summed E-state index contributed by atoms with van der Waals surface area (Å²) in [5.41, 5.74) is 0. The molecule has 0 aliphatic heterocycles. The van der Waals surface area contributed by atoms with E-state index in [9.17, 15) is 0 Å². The molecule has 0 saturated heterocycles. The minimum atomic E-state index is 0. The van der Waals surface area contributed by atoms with Gasteiger partial charge in [-0.1, -0.05) is 23.2 Å². The second kappa shape index (κ2) is 6.47. The molecule has 17 heavy (non-hydrogen) atoms. The topological polar surface area (TPSA) is 42.4 Å². The molecule has 0 amide bonds. The fourth-order valence-electron chi connectivity index (χ4n) is 1.10. The predicted molar refractivity (Wildman–Crippen MR) is 63.5 cm³/mol. The number of halogens is 2.